The van der Waals surface area contributed by atoms with Crippen LogP contribution in [0.2, 0.25) is 5.02 Å². The molecule has 154 valence electrons. The van der Waals surface area contributed by atoms with E-state index in [1.165, 1.54) is 0 Å². The standard InChI is InChI=1S/C22H21ClN4O3/c23-16-3-1-4-17(13-16)27-19(20-5-2-12-30-20)14-18(24-27)22(29)26-10-8-25(9-11-26)21(28)15-6-7-15/h1-5,12-15H,6-11H2. The summed E-state index contributed by atoms with van der Waals surface area (Å²) in [5.41, 5.74) is 1.75. The predicted octanol–water partition coefficient (Wildman–Crippen LogP) is 3.48. The SMILES string of the molecule is O=C(c1cc(-c2ccco2)n(-c2cccc(Cl)c2)n1)N1CCN(C(=O)C2CC2)CC1. The molecule has 0 spiro atoms. The number of piperazine rings is 1. The monoisotopic (exact) mass is 424 g/mol. The van der Waals surface area contributed by atoms with Gasteiger partial charge in [-0.2, -0.15) is 5.10 Å². The van der Waals surface area contributed by atoms with Crippen molar-refractivity contribution in [3.8, 4) is 17.1 Å². The number of carbonyl (C=O) groups is 2. The summed E-state index contributed by atoms with van der Waals surface area (Å²) in [4.78, 5) is 29.0. The zero-order chi connectivity index (χ0) is 20.7. The van der Waals surface area contributed by atoms with E-state index in [9.17, 15) is 9.59 Å². The van der Waals surface area contributed by atoms with Gasteiger partial charge < -0.3 is 14.2 Å². The van der Waals surface area contributed by atoms with Gasteiger partial charge in [0.05, 0.1) is 12.0 Å². The fourth-order valence-electron chi connectivity index (χ4n) is 3.77. The summed E-state index contributed by atoms with van der Waals surface area (Å²) in [5.74, 6) is 0.896. The molecule has 2 amide bonds. The van der Waals surface area contributed by atoms with Crippen molar-refractivity contribution in [1.29, 1.82) is 0 Å². The van der Waals surface area contributed by atoms with Crippen LogP contribution < -0.4 is 0 Å². The average molecular weight is 425 g/mol. The number of benzene rings is 1. The van der Waals surface area contributed by atoms with Gasteiger partial charge >= 0.3 is 0 Å². The van der Waals surface area contributed by atoms with E-state index in [0.29, 0.717) is 48.3 Å². The quantitative estimate of drug-likeness (QED) is 0.642. The molecule has 2 aromatic heterocycles. The molecule has 1 saturated carbocycles. The van der Waals surface area contributed by atoms with Crippen molar-refractivity contribution in [1.82, 2.24) is 19.6 Å². The second-order valence-electron chi connectivity index (χ2n) is 7.68. The van der Waals surface area contributed by atoms with E-state index in [1.54, 1.807) is 40.1 Å². The van der Waals surface area contributed by atoms with Crippen molar-refractivity contribution >= 4 is 23.4 Å². The van der Waals surface area contributed by atoms with Crippen molar-refractivity contribution < 1.29 is 14.0 Å². The van der Waals surface area contributed by atoms with E-state index in [-0.39, 0.29) is 17.7 Å². The van der Waals surface area contributed by atoms with Gasteiger partial charge in [-0.25, -0.2) is 4.68 Å². The van der Waals surface area contributed by atoms with Crippen LogP contribution in [0.25, 0.3) is 17.1 Å². The van der Waals surface area contributed by atoms with Crippen molar-refractivity contribution in [3.05, 3.63) is 59.4 Å². The number of furan rings is 1. The molecule has 1 aromatic carbocycles. The minimum absolute atomic E-state index is 0.151. The lowest BCUT2D eigenvalue weighted by molar-refractivity contribution is -0.134. The number of amides is 2. The highest BCUT2D eigenvalue weighted by Gasteiger charge is 2.35. The fraction of sp³-hybridized carbons (Fsp3) is 0.318. The van der Waals surface area contributed by atoms with Gasteiger partial charge in [0.1, 0.15) is 5.69 Å². The highest BCUT2D eigenvalue weighted by molar-refractivity contribution is 6.30. The molecule has 0 unspecified atom stereocenters. The third-order valence-electron chi connectivity index (χ3n) is 5.56. The summed E-state index contributed by atoms with van der Waals surface area (Å²) >= 11 is 6.16. The molecule has 3 aromatic rings. The first-order valence-electron chi connectivity index (χ1n) is 10.1. The van der Waals surface area contributed by atoms with Gasteiger partial charge in [-0.1, -0.05) is 17.7 Å². The van der Waals surface area contributed by atoms with Crippen LogP contribution in [-0.2, 0) is 4.79 Å². The van der Waals surface area contributed by atoms with Crippen LogP contribution in [0.1, 0.15) is 23.3 Å². The molecule has 1 aliphatic heterocycles. The molecule has 7 nitrogen and oxygen atoms in total. The maximum atomic E-state index is 13.1. The Bertz CT molecular complexity index is 1080. The normalized spacial score (nSPS) is 16.7. The Morgan fingerprint density at radius 2 is 1.77 bits per heavy atom. The number of aromatic nitrogens is 2. The lowest BCUT2D eigenvalue weighted by Gasteiger charge is -2.34. The van der Waals surface area contributed by atoms with Crippen LogP contribution in [-0.4, -0.2) is 57.6 Å². The molecule has 0 bridgehead atoms. The van der Waals surface area contributed by atoms with Crippen molar-refractivity contribution in [2.24, 2.45) is 5.92 Å². The second-order valence-corrected chi connectivity index (χ2v) is 8.11. The van der Waals surface area contributed by atoms with Crippen LogP contribution in [0.4, 0.5) is 0 Å². The zero-order valence-corrected chi connectivity index (χ0v) is 17.1. The predicted molar refractivity (Wildman–Crippen MR) is 111 cm³/mol. The lowest BCUT2D eigenvalue weighted by atomic mass is 10.2. The van der Waals surface area contributed by atoms with Crippen molar-refractivity contribution in [3.63, 3.8) is 0 Å². The van der Waals surface area contributed by atoms with Gasteiger partial charge in [0.25, 0.3) is 5.91 Å². The third-order valence-corrected chi connectivity index (χ3v) is 5.80. The lowest BCUT2D eigenvalue weighted by Crippen LogP contribution is -2.51. The zero-order valence-electron chi connectivity index (χ0n) is 16.3. The van der Waals surface area contributed by atoms with E-state index < -0.39 is 0 Å². The smallest absolute Gasteiger partial charge is 0.274 e. The van der Waals surface area contributed by atoms with E-state index in [2.05, 4.69) is 5.10 Å². The molecule has 1 aliphatic carbocycles. The van der Waals surface area contributed by atoms with E-state index in [1.807, 2.05) is 23.1 Å². The molecule has 3 heterocycles. The maximum absolute atomic E-state index is 13.1. The van der Waals surface area contributed by atoms with Crippen molar-refractivity contribution in [2.75, 3.05) is 26.2 Å². The molecule has 0 N–H and O–H groups in total. The minimum atomic E-state index is -0.151. The fourth-order valence-corrected chi connectivity index (χ4v) is 3.96. The van der Waals surface area contributed by atoms with Crippen LogP contribution in [0.5, 0.6) is 0 Å². The van der Waals surface area contributed by atoms with E-state index in [0.717, 1.165) is 18.5 Å². The van der Waals surface area contributed by atoms with Crippen molar-refractivity contribution in [2.45, 2.75) is 12.8 Å². The molecular formula is C22H21ClN4O3. The largest absolute Gasteiger partial charge is 0.463 e. The van der Waals surface area contributed by atoms with Gasteiger partial charge in [0.2, 0.25) is 5.91 Å². The molecule has 2 fully saturated rings. The first kappa shape index (κ1) is 18.9. The van der Waals surface area contributed by atoms with Crippen LogP contribution >= 0.6 is 11.6 Å². The van der Waals surface area contributed by atoms with E-state index >= 15 is 0 Å². The van der Waals surface area contributed by atoms with E-state index in [4.69, 9.17) is 16.0 Å². The maximum Gasteiger partial charge on any atom is 0.274 e. The third kappa shape index (κ3) is 3.61. The molecule has 0 atom stereocenters. The number of nitrogens with zero attached hydrogens (tertiary/aromatic N) is 4. The summed E-state index contributed by atoms with van der Waals surface area (Å²) in [5, 5.41) is 5.15. The summed E-state index contributed by atoms with van der Waals surface area (Å²) in [7, 11) is 0. The van der Waals surface area contributed by atoms with Crippen LogP contribution in [0.3, 0.4) is 0 Å². The highest BCUT2D eigenvalue weighted by atomic mass is 35.5. The summed E-state index contributed by atoms with van der Waals surface area (Å²) < 4.78 is 7.23. The Hall–Kier alpha value is -3.06. The number of hydrogen-bond acceptors (Lipinski definition) is 4. The number of hydrogen-bond donors (Lipinski definition) is 0. The Kier molecular flexibility index (Phi) is 4.83. The average Bonchev–Trinajstić information content (AvgIpc) is 3.29. The highest BCUT2D eigenvalue weighted by Crippen LogP contribution is 2.31. The summed E-state index contributed by atoms with van der Waals surface area (Å²) in [6.07, 6.45) is 3.57. The molecular weight excluding hydrogens is 404 g/mol. The number of rotatable bonds is 4. The van der Waals surface area contributed by atoms with Gasteiger partial charge in [0, 0.05) is 43.2 Å². The Morgan fingerprint density at radius 1 is 1.00 bits per heavy atom. The van der Waals surface area contributed by atoms with Gasteiger partial charge in [-0.05, 0) is 43.2 Å². The molecule has 30 heavy (non-hydrogen) atoms. The van der Waals surface area contributed by atoms with Gasteiger partial charge in [-0.3, -0.25) is 9.59 Å². The Morgan fingerprint density at radius 3 is 2.43 bits per heavy atom. The Labute approximate surface area is 178 Å². The first-order valence-corrected chi connectivity index (χ1v) is 10.5. The molecule has 1 saturated heterocycles. The Balaban J connectivity index is 1.40. The topological polar surface area (TPSA) is 71.6 Å². The molecule has 5 rings (SSSR count). The molecule has 8 heteroatoms. The first-order chi connectivity index (χ1) is 14.6. The second kappa shape index (κ2) is 7.65. The summed E-state index contributed by atoms with van der Waals surface area (Å²) in [6, 6.07) is 12.7. The number of carbonyl (C=O) groups excluding carboxylic acids is 2. The van der Waals surface area contributed by atoms with Gasteiger partial charge in [-0.15, -0.1) is 0 Å². The summed E-state index contributed by atoms with van der Waals surface area (Å²) in [6.45, 7) is 2.16. The number of halogens is 1. The van der Waals surface area contributed by atoms with Gasteiger partial charge in [0.15, 0.2) is 11.5 Å². The molecule has 2 aliphatic rings. The minimum Gasteiger partial charge on any atom is -0.463 e. The molecule has 0 radical (unpaired) electrons. The van der Waals surface area contributed by atoms with Crippen LogP contribution in [0, 0.1) is 5.92 Å². The van der Waals surface area contributed by atoms with Crippen LogP contribution in [0.15, 0.2) is 53.1 Å².